The van der Waals surface area contributed by atoms with E-state index in [-0.39, 0.29) is 0 Å². The number of nitrogens with zero attached hydrogens (tertiary/aromatic N) is 2. The molecule has 0 atom stereocenters. The van der Waals surface area contributed by atoms with Gasteiger partial charge in [0.2, 0.25) is 0 Å². The monoisotopic (exact) mass is 199 g/mol. The van der Waals surface area contributed by atoms with Gasteiger partial charge in [0.25, 0.3) is 0 Å². The van der Waals surface area contributed by atoms with Gasteiger partial charge in [0.1, 0.15) is 0 Å². The van der Waals surface area contributed by atoms with Crippen molar-refractivity contribution in [2.75, 3.05) is 5.73 Å². The average Bonchev–Trinajstić information content (AvgIpc) is 2.22. The highest BCUT2D eigenvalue weighted by Gasteiger charge is 2.02. The van der Waals surface area contributed by atoms with E-state index < -0.39 is 0 Å². The maximum absolute atomic E-state index is 5.76. The zero-order valence-electron chi connectivity index (χ0n) is 8.86. The summed E-state index contributed by atoms with van der Waals surface area (Å²) in [6, 6.07) is 7.71. The summed E-state index contributed by atoms with van der Waals surface area (Å²) in [5.41, 5.74) is 9.58. The molecule has 0 radical (unpaired) electrons. The van der Waals surface area contributed by atoms with E-state index in [1.807, 2.05) is 38.1 Å². The Morgan fingerprint density at radius 3 is 2.60 bits per heavy atom. The lowest BCUT2D eigenvalue weighted by Gasteiger charge is -2.04. The Morgan fingerprint density at radius 2 is 1.93 bits per heavy atom. The highest BCUT2D eigenvalue weighted by molar-refractivity contribution is 5.61. The molecule has 2 aromatic rings. The van der Waals surface area contributed by atoms with Crippen LogP contribution in [0.25, 0.3) is 11.4 Å². The summed E-state index contributed by atoms with van der Waals surface area (Å²) in [4.78, 5) is 8.59. The van der Waals surface area contributed by atoms with Crippen LogP contribution in [0.5, 0.6) is 0 Å². The Labute approximate surface area is 89.0 Å². The number of anilines is 1. The molecule has 2 N–H and O–H groups in total. The van der Waals surface area contributed by atoms with E-state index in [1.54, 1.807) is 6.20 Å². The molecule has 3 heteroatoms. The van der Waals surface area contributed by atoms with Crippen LogP contribution in [0.3, 0.4) is 0 Å². The van der Waals surface area contributed by atoms with Crippen molar-refractivity contribution in [3.63, 3.8) is 0 Å². The van der Waals surface area contributed by atoms with E-state index >= 15 is 0 Å². The average molecular weight is 199 g/mol. The highest BCUT2D eigenvalue weighted by atomic mass is 14.9. The van der Waals surface area contributed by atoms with E-state index in [0.717, 1.165) is 28.3 Å². The summed E-state index contributed by atoms with van der Waals surface area (Å²) in [6.07, 6.45) is 1.77. The van der Waals surface area contributed by atoms with Gasteiger partial charge in [-0.1, -0.05) is 0 Å². The van der Waals surface area contributed by atoms with Crippen molar-refractivity contribution >= 4 is 5.69 Å². The molecule has 0 aliphatic rings. The van der Waals surface area contributed by atoms with Gasteiger partial charge < -0.3 is 5.73 Å². The first kappa shape index (κ1) is 9.65. The van der Waals surface area contributed by atoms with Gasteiger partial charge in [-0.3, -0.25) is 0 Å². The van der Waals surface area contributed by atoms with Gasteiger partial charge in [0.05, 0.1) is 0 Å². The third-order valence-corrected chi connectivity index (χ3v) is 2.32. The van der Waals surface area contributed by atoms with Crippen molar-refractivity contribution < 1.29 is 0 Å². The van der Waals surface area contributed by atoms with Gasteiger partial charge in [0, 0.05) is 23.1 Å². The van der Waals surface area contributed by atoms with Crippen LogP contribution in [0.4, 0.5) is 5.69 Å². The quantitative estimate of drug-likeness (QED) is 0.717. The Hall–Kier alpha value is -1.90. The summed E-state index contributed by atoms with van der Waals surface area (Å²) in [5, 5.41) is 0. The van der Waals surface area contributed by atoms with Gasteiger partial charge in [-0.15, -0.1) is 0 Å². The number of benzene rings is 1. The zero-order chi connectivity index (χ0) is 10.8. The number of aromatic nitrogens is 2. The van der Waals surface area contributed by atoms with Crippen LogP contribution in [0, 0.1) is 13.8 Å². The normalized spacial score (nSPS) is 10.3. The maximum Gasteiger partial charge on any atom is 0.159 e. The Bertz CT molecular complexity index is 492. The molecule has 0 spiro atoms. The molecule has 0 saturated heterocycles. The summed E-state index contributed by atoms with van der Waals surface area (Å²) < 4.78 is 0. The molecule has 0 bridgehead atoms. The second-order valence-corrected chi connectivity index (χ2v) is 3.59. The molecule has 76 valence electrons. The molecule has 0 fully saturated rings. The minimum absolute atomic E-state index is 0.748. The zero-order valence-corrected chi connectivity index (χ0v) is 8.86. The molecule has 0 unspecified atom stereocenters. The maximum atomic E-state index is 5.76. The Morgan fingerprint density at radius 1 is 1.13 bits per heavy atom. The predicted octanol–water partition coefficient (Wildman–Crippen LogP) is 2.34. The van der Waals surface area contributed by atoms with Crippen molar-refractivity contribution in [3.8, 4) is 11.4 Å². The number of nitrogens with two attached hydrogens (primary N) is 1. The smallest absolute Gasteiger partial charge is 0.159 e. The first-order valence-electron chi connectivity index (χ1n) is 4.83. The number of hydrogen-bond donors (Lipinski definition) is 1. The molecule has 0 aliphatic carbocycles. The standard InChI is InChI=1S/C12H13N3/c1-8-7-10(3-4-11(8)13)12-14-6-5-9(2)15-12/h3-7H,13H2,1-2H3. The van der Waals surface area contributed by atoms with E-state index in [2.05, 4.69) is 9.97 Å². The fourth-order valence-corrected chi connectivity index (χ4v) is 1.40. The number of aryl methyl sites for hydroxylation is 2. The number of rotatable bonds is 1. The van der Waals surface area contributed by atoms with Gasteiger partial charge in [-0.25, -0.2) is 9.97 Å². The van der Waals surface area contributed by atoms with E-state index in [1.165, 1.54) is 0 Å². The molecule has 2 rings (SSSR count). The molecule has 15 heavy (non-hydrogen) atoms. The minimum Gasteiger partial charge on any atom is -0.399 e. The molecule has 0 amide bonds. The van der Waals surface area contributed by atoms with Crippen LogP contribution in [0.2, 0.25) is 0 Å². The van der Waals surface area contributed by atoms with Crippen LogP contribution >= 0.6 is 0 Å². The van der Waals surface area contributed by atoms with Crippen molar-refractivity contribution in [1.29, 1.82) is 0 Å². The SMILES string of the molecule is Cc1ccnc(-c2ccc(N)c(C)c2)n1. The molecular weight excluding hydrogens is 186 g/mol. The first-order chi connectivity index (χ1) is 7.16. The molecule has 1 aromatic heterocycles. The van der Waals surface area contributed by atoms with Gasteiger partial charge in [0.15, 0.2) is 5.82 Å². The second-order valence-electron chi connectivity index (χ2n) is 3.59. The predicted molar refractivity (Wildman–Crippen MR) is 61.4 cm³/mol. The third-order valence-electron chi connectivity index (χ3n) is 2.32. The van der Waals surface area contributed by atoms with Crippen LogP contribution in [0.15, 0.2) is 30.5 Å². The molecule has 3 nitrogen and oxygen atoms in total. The minimum atomic E-state index is 0.748. The van der Waals surface area contributed by atoms with Crippen molar-refractivity contribution in [2.45, 2.75) is 13.8 Å². The van der Waals surface area contributed by atoms with Crippen LogP contribution in [-0.2, 0) is 0 Å². The highest BCUT2D eigenvalue weighted by Crippen LogP contribution is 2.20. The Kier molecular flexibility index (Phi) is 2.37. The Balaban J connectivity index is 2.50. The third kappa shape index (κ3) is 1.96. The first-order valence-corrected chi connectivity index (χ1v) is 4.83. The second kappa shape index (κ2) is 3.69. The molecule has 0 saturated carbocycles. The largest absolute Gasteiger partial charge is 0.399 e. The van der Waals surface area contributed by atoms with Crippen LogP contribution < -0.4 is 5.73 Å². The number of nitrogen functional groups attached to an aromatic ring is 1. The number of hydrogen-bond acceptors (Lipinski definition) is 3. The van der Waals surface area contributed by atoms with Crippen LogP contribution in [-0.4, -0.2) is 9.97 Å². The van der Waals surface area contributed by atoms with Crippen molar-refractivity contribution in [2.24, 2.45) is 0 Å². The van der Waals surface area contributed by atoms with E-state index in [4.69, 9.17) is 5.73 Å². The molecular formula is C12H13N3. The van der Waals surface area contributed by atoms with Gasteiger partial charge in [-0.2, -0.15) is 0 Å². The van der Waals surface area contributed by atoms with Crippen molar-refractivity contribution in [3.05, 3.63) is 41.7 Å². The van der Waals surface area contributed by atoms with Crippen molar-refractivity contribution in [1.82, 2.24) is 9.97 Å². The lowest BCUT2D eigenvalue weighted by Crippen LogP contribution is -1.93. The molecule has 1 aromatic carbocycles. The lowest BCUT2D eigenvalue weighted by molar-refractivity contribution is 1.11. The molecule has 0 aliphatic heterocycles. The summed E-state index contributed by atoms with van der Waals surface area (Å²) in [5.74, 6) is 0.748. The topological polar surface area (TPSA) is 51.8 Å². The van der Waals surface area contributed by atoms with Gasteiger partial charge in [-0.05, 0) is 43.7 Å². The van der Waals surface area contributed by atoms with E-state index in [0.29, 0.717) is 0 Å². The van der Waals surface area contributed by atoms with E-state index in [9.17, 15) is 0 Å². The summed E-state index contributed by atoms with van der Waals surface area (Å²) >= 11 is 0. The fraction of sp³-hybridized carbons (Fsp3) is 0.167. The fourth-order valence-electron chi connectivity index (χ4n) is 1.40. The van der Waals surface area contributed by atoms with Crippen LogP contribution in [0.1, 0.15) is 11.3 Å². The lowest BCUT2D eigenvalue weighted by atomic mass is 10.1. The summed E-state index contributed by atoms with van der Waals surface area (Å²) in [7, 11) is 0. The summed E-state index contributed by atoms with van der Waals surface area (Å²) in [6.45, 7) is 3.93. The van der Waals surface area contributed by atoms with Gasteiger partial charge >= 0.3 is 0 Å². The molecule has 1 heterocycles.